The van der Waals surface area contributed by atoms with Crippen LogP contribution in [0.2, 0.25) is 0 Å². The summed E-state index contributed by atoms with van der Waals surface area (Å²) in [6.07, 6.45) is 0. The van der Waals surface area contributed by atoms with Gasteiger partial charge in [-0.25, -0.2) is 4.21 Å². The molecule has 0 heterocycles. The topological polar surface area (TPSA) is 17.1 Å². The highest BCUT2D eigenvalue weighted by Gasteiger charge is 2.19. The van der Waals surface area contributed by atoms with Gasteiger partial charge in [-0.3, -0.25) is 0 Å². The first kappa shape index (κ1) is 18.1. The maximum atomic E-state index is 13.2. The molecule has 130 valence electrons. The first-order valence-electron chi connectivity index (χ1n) is 8.64. The minimum absolute atomic E-state index is 0.0421. The Balaban J connectivity index is 2.02. The summed E-state index contributed by atoms with van der Waals surface area (Å²) in [6.45, 7) is 8.04. The molecule has 1 unspecified atom stereocenters. The van der Waals surface area contributed by atoms with E-state index in [-0.39, 0.29) is 5.92 Å². The van der Waals surface area contributed by atoms with Gasteiger partial charge in [0.25, 0.3) is 0 Å². The average molecular weight is 359 g/mol. The number of hydrogen-bond donors (Lipinski definition) is 0. The summed E-state index contributed by atoms with van der Waals surface area (Å²) in [7, 11) is -1.22. The van der Waals surface area contributed by atoms with Crippen LogP contribution in [-0.4, -0.2) is 4.21 Å². The molecular formula is C24H22OS. The van der Waals surface area contributed by atoms with E-state index in [1.807, 2.05) is 73.7 Å². The van der Waals surface area contributed by atoms with Crippen molar-refractivity contribution in [2.24, 2.45) is 0 Å². The molecule has 0 aliphatic heterocycles. The van der Waals surface area contributed by atoms with E-state index in [1.54, 1.807) is 0 Å². The zero-order valence-corrected chi connectivity index (χ0v) is 15.9. The zero-order valence-electron chi connectivity index (χ0n) is 15.1. The van der Waals surface area contributed by atoms with Crippen molar-refractivity contribution in [1.82, 2.24) is 0 Å². The highest BCUT2D eigenvalue weighted by atomic mass is 32.2. The van der Waals surface area contributed by atoms with E-state index in [1.165, 1.54) is 0 Å². The second-order valence-corrected chi connectivity index (χ2v) is 7.75. The molecule has 0 aliphatic rings. The average Bonchev–Trinajstić information content (AvgIpc) is 2.69. The van der Waals surface area contributed by atoms with Crippen molar-refractivity contribution in [2.45, 2.75) is 29.6 Å². The number of allylic oxidation sites excluding steroid dienone is 1. The molecule has 0 saturated carbocycles. The molecule has 2 heteroatoms. The van der Waals surface area contributed by atoms with E-state index >= 15 is 0 Å². The van der Waals surface area contributed by atoms with Gasteiger partial charge in [0, 0.05) is 21.3 Å². The fourth-order valence-corrected chi connectivity index (χ4v) is 4.37. The monoisotopic (exact) mass is 358 g/mol. The Hall–Kier alpha value is -2.67. The summed E-state index contributed by atoms with van der Waals surface area (Å²) in [5.41, 5.74) is 7.40. The third-order valence-electron chi connectivity index (χ3n) is 4.53. The van der Waals surface area contributed by atoms with Crippen LogP contribution in [0.1, 0.15) is 29.5 Å². The molecular weight excluding hydrogens is 336 g/mol. The molecule has 0 amide bonds. The van der Waals surface area contributed by atoms with Gasteiger partial charge in [0.15, 0.2) is 0 Å². The molecule has 0 aromatic heterocycles. The van der Waals surface area contributed by atoms with Crippen LogP contribution < -0.4 is 0 Å². The highest BCUT2D eigenvalue weighted by Crippen LogP contribution is 2.35. The van der Waals surface area contributed by atoms with Crippen LogP contribution in [0.25, 0.3) is 5.57 Å². The third kappa shape index (κ3) is 3.77. The van der Waals surface area contributed by atoms with Crippen LogP contribution in [-0.2, 0) is 10.8 Å². The molecule has 3 rings (SSSR count). The Kier molecular flexibility index (Phi) is 5.68. The normalized spacial score (nSPS) is 12.8. The molecule has 2 atom stereocenters. The molecule has 0 N–H and O–H groups in total. The van der Waals surface area contributed by atoms with E-state index < -0.39 is 10.8 Å². The van der Waals surface area contributed by atoms with Crippen LogP contribution in [0.3, 0.4) is 0 Å². The van der Waals surface area contributed by atoms with E-state index in [9.17, 15) is 4.21 Å². The largest absolute Gasteiger partial charge is 0.249 e. The Bertz CT molecular complexity index is 965. The smallest absolute Gasteiger partial charge is 0.0852 e. The van der Waals surface area contributed by atoms with Crippen LogP contribution in [0.15, 0.2) is 101 Å². The minimum atomic E-state index is -1.22. The van der Waals surface area contributed by atoms with Gasteiger partial charge in [0.1, 0.15) is 0 Å². The summed E-state index contributed by atoms with van der Waals surface area (Å²) in [6, 6.07) is 25.9. The zero-order chi connectivity index (χ0) is 18.5. The van der Waals surface area contributed by atoms with Crippen molar-refractivity contribution < 1.29 is 4.21 Å². The van der Waals surface area contributed by atoms with Crippen molar-refractivity contribution >= 4 is 16.4 Å². The lowest BCUT2D eigenvalue weighted by Gasteiger charge is -2.18. The van der Waals surface area contributed by atoms with Gasteiger partial charge in [-0.1, -0.05) is 79.7 Å². The molecule has 0 aliphatic carbocycles. The maximum absolute atomic E-state index is 13.2. The third-order valence-corrected chi connectivity index (χ3v) is 6.00. The Morgan fingerprint density at radius 2 is 1.54 bits per heavy atom. The minimum Gasteiger partial charge on any atom is -0.249 e. The van der Waals surface area contributed by atoms with Crippen LogP contribution in [0.5, 0.6) is 0 Å². The lowest BCUT2D eigenvalue weighted by Crippen LogP contribution is -2.04. The molecule has 0 saturated heterocycles. The molecule has 0 bridgehead atoms. The van der Waals surface area contributed by atoms with E-state index in [4.69, 9.17) is 0 Å². The van der Waals surface area contributed by atoms with Crippen LogP contribution in [0, 0.1) is 6.92 Å². The molecule has 1 nitrogen and oxygen atoms in total. The predicted octanol–water partition coefficient (Wildman–Crippen LogP) is 6.13. The van der Waals surface area contributed by atoms with E-state index in [0.29, 0.717) is 0 Å². The fourth-order valence-electron chi connectivity index (χ4n) is 3.07. The predicted molar refractivity (Wildman–Crippen MR) is 110 cm³/mol. The Morgan fingerprint density at radius 3 is 2.19 bits per heavy atom. The Morgan fingerprint density at radius 1 is 0.923 bits per heavy atom. The highest BCUT2D eigenvalue weighted by molar-refractivity contribution is 7.85. The van der Waals surface area contributed by atoms with Crippen LogP contribution in [0.4, 0.5) is 0 Å². The molecule has 3 aromatic rings. The van der Waals surface area contributed by atoms with Crippen LogP contribution >= 0.6 is 0 Å². The number of benzene rings is 3. The summed E-state index contributed by atoms with van der Waals surface area (Å²) in [4.78, 5) is 1.66. The van der Waals surface area contributed by atoms with Gasteiger partial charge in [0.2, 0.25) is 0 Å². The van der Waals surface area contributed by atoms with Crippen molar-refractivity contribution in [3.05, 3.63) is 108 Å². The number of aryl methyl sites for hydroxylation is 1. The second-order valence-electron chi connectivity index (χ2n) is 6.30. The van der Waals surface area contributed by atoms with Crippen molar-refractivity contribution in [3.8, 4) is 0 Å². The fraction of sp³-hybridized carbons (Fsp3) is 0.125. The molecule has 0 radical (unpaired) electrons. The quantitative estimate of drug-likeness (QED) is 0.501. The standard InChI is InChI=1S/C24H22OS/c1-4-22(20-10-6-5-7-11-20)19(3)23-12-8-9-13-24(23)26(25)21-16-14-18(2)15-17-21/h5-17,19H,1H2,2-3H3/t19-,26?/m1/s1. The SMILES string of the molecule is C=C=C(c1ccccc1)[C@@H](C)c1ccccc1S(=O)c1ccc(C)cc1. The van der Waals surface area contributed by atoms with Gasteiger partial charge in [-0.15, -0.1) is 5.73 Å². The lowest BCUT2D eigenvalue weighted by atomic mass is 9.89. The molecule has 0 spiro atoms. The van der Waals surface area contributed by atoms with Crippen molar-refractivity contribution in [3.63, 3.8) is 0 Å². The first-order chi connectivity index (χ1) is 12.6. The summed E-state index contributed by atoms with van der Waals surface area (Å²) in [5, 5.41) is 0. The first-order valence-corrected chi connectivity index (χ1v) is 9.79. The summed E-state index contributed by atoms with van der Waals surface area (Å²) in [5.74, 6) is 0.0421. The number of rotatable bonds is 5. The summed E-state index contributed by atoms with van der Waals surface area (Å²) < 4.78 is 13.2. The van der Waals surface area contributed by atoms with E-state index in [0.717, 1.165) is 32.1 Å². The maximum Gasteiger partial charge on any atom is 0.0852 e. The van der Waals surface area contributed by atoms with E-state index in [2.05, 4.69) is 31.4 Å². The lowest BCUT2D eigenvalue weighted by molar-refractivity contribution is 0.681. The van der Waals surface area contributed by atoms with Gasteiger partial charge in [0.05, 0.1) is 10.8 Å². The van der Waals surface area contributed by atoms with Gasteiger partial charge in [-0.05, 0) is 36.2 Å². The second kappa shape index (κ2) is 8.14. The van der Waals surface area contributed by atoms with Crippen molar-refractivity contribution in [2.75, 3.05) is 0 Å². The van der Waals surface area contributed by atoms with Gasteiger partial charge in [-0.2, -0.15) is 0 Å². The molecule has 26 heavy (non-hydrogen) atoms. The van der Waals surface area contributed by atoms with Gasteiger partial charge < -0.3 is 0 Å². The molecule has 0 fully saturated rings. The Labute approximate surface area is 158 Å². The molecule has 3 aromatic carbocycles. The van der Waals surface area contributed by atoms with Gasteiger partial charge >= 0.3 is 0 Å². The van der Waals surface area contributed by atoms with Crippen molar-refractivity contribution in [1.29, 1.82) is 0 Å². The number of hydrogen-bond acceptors (Lipinski definition) is 1. The summed E-state index contributed by atoms with van der Waals surface area (Å²) >= 11 is 0.